The summed E-state index contributed by atoms with van der Waals surface area (Å²) in [6, 6.07) is 19.9. The van der Waals surface area contributed by atoms with E-state index in [2.05, 4.69) is 27.5 Å². The number of aromatic nitrogens is 7. The maximum absolute atomic E-state index is 13.5. The van der Waals surface area contributed by atoms with E-state index in [0.29, 0.717) is 12.4 Å². The first-order valence-corrected chi connectivity index (χ1v) is 11.8. The van der Waals surface area contributed by atoms with Gasteiger partial charge in [-0.3, -0.25) is 14.1 Å². The molecule has 5 aromatic rings. The minimum atomic E-state index is -0.0422. The van der Waals surface area contributed by atoms with Crippen molar-refractivity contribution in [2.75, 3.05) is 0 Å². The number of hydrogen-bond acceptors (Lipinski definition) is 5. The monoisotopic (exact) mass is 465 g/mol. The summed E-state index contributed by atoms with van der Waals surface area (Å²) in [6.45, 7) is 4.61. The van der Waals surface area contributed by atoms with E-state index >= 15 is 0 Å². The molecule has 0 radical (unpaired) electrons. The largest absolute Gasteiger partial charge is 0.333 e. The molecule has 1 N–H and O–H groups in total. The Bertz CT molecular complexity index is 1480. The number of H-pyrrole nitrogens is 1. The van der Waals surface area contributed by atoms with Crippen molar-refractivity contribution in [1.82, 2.24) is 34.7 Å². The molecule has 0 unspecified atom stereocenters. The van der Waals surface area contributed by atoms with Gasteiger partial charge in [-0.2, -0.15) is 0 Å². The van der Waals surface area contributed by atoms with Gasteiger partial charge in [0.25, 0.3) is 0 Å². The molecule has 0 atom stereocenters. The van der Waals surface area contributed by atoms with Gasteiger partial charge in [0.05, 0.1) is 17.9 Å². The van der Waals surface area contributed by atoms with Crippen LogP contribution in [0.1, 0.15) is 36.7 Å². The standard InChI is InChI=1S/C27H27N7O/c1-3-4-10-22-18-34(25-13-8-5-9-19(25)2)27(35)33(22)17-21-15-14-20(16-28-21)23-11-6-7-12-24(23)26-29-31-32-30-26/h5-9,11-16,18H,3-4,10,17H2,1-2H3,(H,29,30,31,32). The average Bonchev–Trinajstić information content (AvgIpc) is 3.53. The molecular formula is C27H27N7O. The summed E-state index contributed by atoms with van der Waals surface area (Å²) in [7, 11) is 0. The molecule has 0 saturated heterocycles. The highest BCUT2D eigenvalue weighted by atomic mass is 16.1. The van der Waals surface area contributed by atoms with Crippen molar-refractivity contribution in [3.63, 3.8) is 0 Å². The third kappa shape index (κ3) is 4.55. The molecule has 0 spiro atoms. The lowest BCUT2D eigenvalue weighted by atomic mass is 10.0. The van der Waals surface area contributed by atoms with Crippen molar-refractivity contribution in [2.45, 2.75) is 39.7 Å². The van der Waals surface area contributed by atoms with Crippen LogP contribution >= 0.6 is 0 Å². The SMILES string of the molecule is CCCCc1cn(-c2ccccc2C)c(=O)n1Cc1ccc(-c2ccccc2-c2nnn[nH]2)cn1. The lowest BCUT2D eigenvalue weighted by molar-refractivity contribution is 0.664. The van der Waals surface area contributed by atoms with Gasteiger partial charge < -0.3 is 0 Å². The van der Waals surface area contributed by atoms with Gasteiger partial charge in [0.1, 0.15) is 0 Å². The Morgan fingerprint density at radius 1 is 0.971 bits per heavy atom. The summed E-state index contributed by atoms with van der Waals surface area (Å²) >= 11 is 0. The topological polar surface area (TPSA) is 94.3 Å². The van der Waals surface area contributed by atoms with E-state index in [-0.39, 0.29) is 5.69 Å². The molecule has 5 rings (SSSR count). The number of nitrogens with zero attached hydrogens (tertiary/aromatic N) is 6. The van der Waals surface area contributed by atoms with Gasteiger partial charge in [0.2, 0.25) is 0 Å². The quantitative estimate of drug-likeness (QED) is 0.362. The molecule has 0 saturated carbocycles. The predicted molar refractivity (Wildman–Crippen MR) is 135 cm³/mol. The summed E-state index contributed by atoms with van der Waals surface area (Å²) in [5.74, 6) is 0.606. The van der Waals surface area contributed by atoms with E-state index in [1.165, 1.54) is 0 Å². The van der Waals surface area contributed by atoms with Crippen molar-refractivity contribution in [2.24, 2.45) is 0 Å². The molecule has 35 heavy (non-hydrogen) atoms. The van der Waals surface area contributed by atoms with Crippen LogP contribution in [-0.2, 0) is 13.0 Å². The molecule has 0 fully saturated rings. The van der Waals surface area contributed by atoms with Crippen LogP contribution in [0.4, 0.5) is 0 Å². The number of para-hydroxylation sites is 1. The van der Waals surface area contributed by atoms with E-state index in [1.54, 1.807) is 4.57 Å². The molecule has 0 bridgehead atoms. The Morgan fingerprint density at radius 3 is 2.49 bits per heavy atom. The number of tetrazole rings is 1. The summed E-state index contributed by atoms with van der Waals surface area (Å²) in [5.41, 5.74) is 6.63. The molecule has 0 aliphatic carbocycles. The number of pyridine rings is 1. The molecule has 0 amide bonds. The van der Waals surface area contributed by atoms with Crippen molar-refractivity contribution in [3.05, 3.63) is 100 Å². The van der Waals surface area contributed by atoms with Crippen LogP contribution in [0.25, 0.3) is 28.2 Å². The summed E-state index contributed by atoms with van der Waals surface area (Å²) in [4.78, 5) is 18.2. The first-order chi connectivity index (χ1) is 17.2. The van der Waals surface area contributed by atoms with Gasteiger partial charge in [0, 0.05) is 29.2 Å². The Kier molecular flexibility index (Phi) is 6.34. The van der Waals surface area contributed by atoms with Gasteiger partial charge in [-0.1, -0.05) is 61.9 Å². The fraction of sp³-hybridized carbons (Fsp3) is 0.222. The molecule has 8 nitrogen and oxygen atoms in total. The highest BCUT2D eigenvalue weighted by Crippen LogP contribution is 2.29. The second-order valence-corrected chi connectivity index (χ2v) is 8.58. The van der Waals surface area contributed by atoms with E-state index in [0.717, 1.165) is 58.6 Å². The Morgan fingerprint density at radius 2 is 1.77 bits per heavy atom. The fourth-order valence-electron chi connectivity index (χ4n) is 4.31. The van der Waals surface area contributed by atoms with Gasteiger partial charge in [-0.25, -0.2) is 9.89 Å². The van der Waals surface area contributed by atoms with Gasteiger partial charge in [0.15, 0.2) is 5.82 Å². The highest BCUT2D eigenvalue weighted by Gasteiger charge is 2.15. The third-order valence-electron chi connectivity index (χ3n) is 6.21. The molecule has 3 aromatic heterocycles. The maximum atomic E-state index is 13.5. The number of hydrogen-bond donors (Lipinski definition) is 1. The predicted octanol–water partition coefficient (Wildman–Crippen LogP) is 4.58. The number of aromatic amines is 1. The molecule has 176 valence electrons. The number of nitrogens with one attached hydrogen (secondary N) is 1. The third-order valence-corrected chi connectivity index (χ3v) is 6.21. The Labute approximate surface area is 203 Å². The maximum Gasteiger partial charge on any atom is 0.333 e. The van der Waals surface area contributed by atoms with Crippen molar-refractivity contribution in [3.8, 4) is 28.2 Å². The van der Waals surface area contributed by atoms with E-state index in [4.69, 9.17) is 4.98 Å². The van der Waals surface area contributed by atoms with Gasteiger partial charge >= 0.3 is 5.69 Å². The van der Waals surface area contributed by atoms with Gasteiger partial charge in [-0.15, -0.1) is 5.10 Å². The molecular weight excluding hydrogens is 438 g/mol. The first-order valence-electron chi connectivity index (χ1n) is 11.8. The number of benzene rings is 2. The Balaban J connectivity index is 1.47. The normalized spacial score (nSPS) is 11.1. The summed E-state index contributed by atoms with van der Waals surface area (Å²) in [6.07, 6.45) is 6.76. The van der Waals surface area contributed by atoms with Crippen molar-refractivity contribution in [1.29, 1.82) is 0 Å². The molecule has 3 heterocycles. The smallest absolute Gasteiger partial charge is 0.290 e. The van der Waals surface area contributed by atoms with Gasteiger partial charge in [-0.05, 0) is 53.5 Å². The van der Waals surface area contributed by atoms with E-state index < -0.39 is 0 Å². The van der Waals surface area contributed by atoms with Crippen LogP contribution in [-0.4, -0.2) is 34.7 Å². The highest BCUT2D eigenvalue weighted by molar-refractivity contribution is 5.79. The zero-order valence-corrected chi connectivity index (χ0v) is 19.8. The van der Waals surface area contributed by atoms with Crippen molar-refractivity contribution >= 4 is 0 Å². The minimum Gasteiger partial charge on any atom is -0.290 e. The lowest BCUT2D eigenvalue weighted by Crippen LogP contribution is -2.25. The second-order valence-electron chi connectivity index (χ2n) is 8.58. The van der Waals surface area contributed by atoms with Crippen LogP contribution < -0.4 is 5.69 Å². The number of unbranched alkanes of at least 4 members (excludes halogenated alkanes) is 1. The second kappa shape index (κ2) is 9.89. The van der Waals surface area contributed by atoms with Crippen LogP contribution in [0, 0.1) is 6.92 Å². The fourth-order valence-corrected chi connectivity index (χ4v) is 4.31. The average molecular weight is 466 g/mol. The van der Waals surface area contributed by atoms with Crippen molar-refractivity contribution < 1.29 is 0 Å². The zero-order valence-electron chi connectivity index (χ0n) is 19.8. The molecule has 0 aliphatic heterocycles. The number of rotatable bonds is 8. The minimum absolute atomic E-state index is 0.0422. The first kappa shape index (κ1) is 22.5. The Hall–Kier alpha value is -4.33. The molecule has 2 aromatic carbocycles. The molecule has 0 aliphatic rings. The zero-order chi connectivity index (χ0) is 24.2. The van der Waals surface area contributed by atoms with Crippen LogP contribution in [0.5, 0.6) is 0 Å². The molecule has 8 heteroatoms. The number of aryl methyl sites for hydroxylation is 2. The van der Waals surface area contributed by atoms with E-state index in [1.807, 2.05) is 84.5 Å². The summed E-state index contributed by atoms with van der Waals surface area (Å²) < 4.78 is 3.61. The lowest BCUT2D eigenvalue weighted by Gasteiger charge is -2.09. The van der Waals surface area contributed by atoms with E-state index in [9.17, 15) is 4.79 Å². The van der Waals surface area contributed by atoms with Crippen LogP contribution in [0.2, 0.25) is 0 Å². The number of imidazole rings is 1. The van der Waals surface area contributed by atoms with Crippen LogP contribution in [0.3, 0.4) is 0 Å². The van der Waals surface area contributed by atoms with Crippen LogP contribution in [0.15, 0.2) is 77.9 Å². The summed E-state index contributed by atoms with van der Waals surface area (Å²) in [5, 5.41) is 14.3.